The van der Waals surface area contributed by atoms with Gasteiger partial charge in [-0.1, -0.05) is 62.1 Å². The molecule has 1 aromatic heterocycles. The highest BCUT2D eigenvalue weighted by Crippen LogP contribution is 2.18. The Morgan fingerprint density at radius 3 is 2.46 bits per heavy atom. The molecular weight excluding hydrogens is 340 g/mol. The lowest BCUT2D eigenvalue weighted by atomic mass is 10.1. The standard InChI is InChI=1S/C21H26N2O2Si/c1-26(2,3)14-13-25-16-23-19-12-8-7-11-18(19)22-21(23)20(24)15-17-9-5-4-6-10-17/h4-12H,13-16H2,1-3H3. The number of ketones is 1. The van der Waals surface area contributed by atoms with Crippen LogP contribution in [-0.2, 0) is 17.9 Å². The maximum Gasteiger partial charge on any atom is 0.202 e. The van der Waals surface area contributed by atoms with Gasteiger partial charge in [0.2, 0.25) is 5.78 Å². The topological polar surface area (TPSA) is 44.1 Å². The quantitative estimate of drug-likeness (QED) is 0.327. The van der Waals surface area contributed by atoms with Gasteiger partial charge in [-0.15, -0.1) is 0 Å². The lowest BCUT2D eigenvalue weighted by molar-refractivity contribution is 0.0820. The molecule has 5 heteroatoms. The molecule has 0 aliphatic carbocycles. The smallest absolute Gasteiger partial charge is 0.202 e. The lowest BCUT2D eigenvalue weighted by Gasteiger charge is -2.16. The first-order valence-electron chi connectivity index (χ1n) is 9.04. The molecule has 0 aliphatic rings. The number of hydrogen-bond acceptors (Lipinski definition) is 3. The second-order valence-corrected chi connectivity index (χ2v) is 13.4. The predicted molar refractivity (Wildman–Crippen MR) is 108 cm³/mol. The van der Waals surface area contributed by atoms with Crippen molar-refractivity contribution >= 4 is 24.9 Å². The molecule has 0 N–H and O–H groups in total. The molecule has 0 radical (unpaired) electrons. The van der Waals surface area contributed by atoms with Crippen molar-refractivity contribution in [1.82, 2.24) is 9.55 Å². The monoisotopic (exact) mass is 366 g/mol. The fourth-order valence-electron chi connectivity index (χ4n) is 2.81. The minimum absolute atomic E-state index is 0.0150. The van der Waals surface area contributed by atoms with Crippen molar-refractivity contribution in [3.63, 3.8) is 0 Å². The number of carbonyl (C=O) groups excluding carboxylic acids is 1. The average Bonchev–Trinajstić information content (AvgIpc) is 2.98. The molecule has 0 unspecified atom stereocenters. The maximum atomic E-state index is 12.9. The minimum Gasteiger partial charge on any atom is -0.361 e. The van der Waals surface area contributed by atoms with Crippen LogP contribution >= 0.6 is 0 Å². The Kier molecular flexibility index (Phi) is 5.69. The third-order valence-corrected chi connectivity index (χ3v) is 6.03. The first kappa shape index (κ1) is 18.5. The summed E-state index contributed by atoms with van der Waals surface area (Å²) in [6, 6.07) is 18.7. The number of carbonyl (C=O) groups is 1. The third kappa shape index (κ3) is 4.68. The summed E-state index contributed by atoms with van der Waals surface area (Å²) in [7, 11) is -1.14. The molecule has 0 amide bonds. The van der Waals surface area contributed by atoms with Gasteiger partial charge in [0.1, 0.15) is 6.73 Å². The number of aromatic nitrogens is 2. The molecule has 3 rings (SSSR count). The van der Waals surface area contributed by atoms with Crippen LogP contribution in [-0.4, -0.2) is 30.0 Å². The number of benzene rings is 2. The summed E-state index contributed by atoms with van der Waals surface area (Å²) in [4.78, 5) is 17.4. The van der Waals surface area contributed by atoms with Gasteiger partial charge in [-0.05, 0) is 23.7 Å². The van der Waals surface area contributed by atoms with Gasteiger partial charge in [-0.25, -0.2) is 4.98 Å². The second-order valence-electron chi connectivity index (χ2n) is 7.79. The summed E-state index contributed by atoms with van der Waals surface area (Å²) >= 11 is 0. The maximum absolute atomic E-state index is 12.9. The molecule has 0 aliphatic heterocycles. The van der Waals surface area contributed by atoms with Crippen LogP contribution in [0.1, 0.15) is 16.2 Å². The van der Waals surface area contributed by atoms with E-state index in [1.807, 2.05) is 59.2 Å². The molecule has 3 aromatic rings. The molecule has 136 valence electrons. The highest BCUT2D eigenvalue weighted by Gasteiger charge is 2.18. The Balaban J connectivity index is 1.81. The molecule has 0 bridgehead atoms. The summed E-state index contributed by atoms with van der Waals surface area (Å²) < 4.78 is 7.82. The van der Waals surface area contributed by atoms with Crippen LogP contribution in [0.3, 0.4) is 0 Å². The van der Waals surface area contributed by atoms with E-state index < -0.39 is 8.07 Å². The van der Waals surface area contributed by atoms with Crippen molar-refractivity contribution in [3.8, 4) is 0 Å². The second kappa shape index (κ2) is 7.97. The van der Waals surface area contributed by atoms with Crippen molar-refractivity contribution in [2.24, 2.45) is 0 Å². The molecule has 1 heterocycles. The average molecular weight is 367 g/mol. The lowest BCUT2D eigenvalue weighted by Crippen LogP contribution is -2.22. The largest absolute Gasteiger partial charge is 0.361 e. The van der Waals surface area contributed by atoms with Crippen LogP contribution < -0.4 is 0 Å². The normalized spacial score (nSPS) is 11.8. The van der Waals surface area contributed by atoms with E-state index in [-0.39, 0.29) is 5.78 Å². The number of nitrogens with zero attached hydrogens (tertiary/aromatic N) is 2. The fraction of sp³-hybridized carbons (Fsp3) is 0.333. The number of fused-ring (bicyclic) bond motifs is 1. The number of para-hydroxylation sites is 2. The first-order valence-corrected chi connectivity index (χ1v) is 12.7. The molecule has 4 nitrogen and oxygen atoms in total. The highest BCUT2D eigenvalue weighted by molar-refractivity contribution is 6.76. The number of ether oxygens (including phenoxy) is 1. The first-order chi connectivity index (χ1) is 12.4. The van der Waals surface area contributed by atoms with Crippen LogP contribution in [0.2, 0.25) is 25.7 Å². The van der Waals surface area contributed by atoms with E-state index in [2.05, 4.69) is 24.6 Å². The van der Waals surface area contributed by atoms with Gasteiger partial charge in [0.15, 0.2) is 5.82 Å². The van der Waals surface area contributed by atoms with E-state index in [4.69, 9.17) is 4.74 Å². The number of rotatable bonds is 8. The molecule has 0 saturated heterocycles. The van der Waals surface area contributed by atoms with Crippen LogP contribution in [0, 0.1) is 0 Å². The third-order valence-electron chi connectivity index (χ3n) is 4.33. The van der Waals surface area contributed by atoms with Crippen molar-refractivity contribution < 1.29 is 9.53 Å². The van der Waals surface area contributed by atoms with Crippen molar-refractivity contribution in [2.45, 2.75) is 38.8 Å². The molecule has 2 aromatic carbocycles. The summed E-state index contributed by atoms with van der Waals surface area (Å²) in [5.74, 6) is 0.490. The molecule has 0 atom stereocenters. The fourth-order valence-corrected chi connectivity index (χ4v) is 3.57. The zero-order chi connectivity index (χ0) is 18.6. The Hall–Kier alpha value is -2.24. The van der Waals surface area contributed by atoms with E-state index in [0.717, 1.165) is 22.6 Å². The van der Waals surface area contributed by atoms with Crippen LogP contribution in [0.25, 0.3) is 11.0 Å². The van der Waals surface area contributed by atoms with Gasteiger partial charge in [0.05, 0.1) is 11.0 Å². The van der Waals surface area contributed by atoms with Gasteiger partial charge in [0.25, 0.3) is 0 Å². The summed E-state index contributed by atoms with van der Waals surface area (Å²) in [5.41, 5.74) is 2.77. The highest BCUT2D eigenvalue weighted by atomic mass is 28.3. The summed E-state index contributed by atoms with van der Waals surface area (Å²) in [6.07, 6.45) is 0.346. The SMILES string of the molecule is C[Si](C)(C)CCOCn1c(C(=O)Cc2ccccc2)nc2ccccc21. The Bertz CT molecular complexity index is 882. The minimum atomic E-state index is -1.14. The van der Waals surface area contributed by atoms with Gasteiger partial charge >= 0.3 is 0 Å². The van der Waals surface area contributed by atoms with Crippen molar-refractivity contribution in [3.05, 3.63) is 66.0 Å². The van der Waals surface area contributed by atoms with E-state index in [0.29, 0.717) is 25.6 Å². The molecular formula is C21H26N2O2Si. The number of imidazole rings is 1. The zero-order valence-electron chi connectivity index (χ0n) is 15.7. The van der Waals surface area contributed by atoms with E-state index >= 15 is 0 Å². The molecule has 26 heavy (non-hydrogen) atoms. The van der Waals surface area contributed by atoms with E-state index in [1.54, 1.807) is 0 Å². The molecule has 0 saturated carbocycles. The Morgan fingerprint density at radius 2 is 1.73 bits per heavy atom. The predicted octanol–water partition coefficient (Wildman–Crippen LogP) is 4.77. The van der Waals surface area contributed by atoms with Gasteiger partial charge in [-0.3, -0.25) is 9.36 Å². The van der Waals surface area contributed by atoms with Crippen LogP contribution in [0.4, 0.5) is 0 Å². The number of hydrogen-bond donors (Lipinski definition) is 0. The van der Waals surface area contributed by atoms with Gasteiger partial charge < -0.3 is 4.74 Å². The van der Waals surface area contributed by atoms with Crippen LogP contribution in [0.15, 0.2) is 54.6 Å². The Morgan fingerprint density at radius 1 is 1.04 bits per heavy atom. The zero-order valence-corrected chi connectivity index (χ0v) is 16.7. The van der Waals surface area contributed by atoms with Crippen LogP contribution in [0.5, 0.6) is 0 Å². The van der Waals surface area contributed by atoms with Gasteiger partial charge in [-0.2, -0.15) is 0 Å². The summed E-state index contributed by atoms with van der Waals surface area (Å²) in [6.45, 7) is 8.07. The molecule has 0 spiro atoms. The van der Waals surface area contributed by atoms with Crippen molar-refractivity contribution in [2.75, 3.05) is 6.61 Å². The molecule has 0 fully saturated rings. The van der Waals surface area contributed by atoms with Crippen molar-refractivity contribution in [1.29, 1.82) is 0 Å². The van der Waals surface area contributed by atoms with Gasteiger partial charge in [0, 0.05) is 21.1 Å². The summed E-state index contributed by atoms with van der Waals surface area (Å²) in [5, 5.41) is 0. The van der Waals surface area contributed by atoms with E-state index in [9.17, 15) is 4.79 Å². The van der Waals surface area contributed by atoms with E-state index in [1.165, 1.54) is 0 Å². The Labute approximate surface area is 155 Å². The number of Topliss-reactive ketones (excluding diaryl/α,β-unsaturated/α-hetero) is 1.